The molecule has 0 bridgehead atoms. The van der Waals surface area contributed by atoms with Crippen LogP contribution in [0.5, 0.6) is 0 Å². The molecule has 0 saturated carbocycles. The second-order valence-electron chi connectivity index (χ2n) is 4.49. The fraction of sp³-hybridized carbons (Fsp3) is 0.214. The predicted octanol–water partition coefficient (Wildman–Crippen LogP) is 2.90. The molecular weight excluding hydrogens is 293 g/mol. The van der Waals surface area contributed by atoms with Crippen LogP contribution in [-0.2, 0) is 6.54 Å². The first-order valence-electron chi connectivity index (χ1n) is 6.39. The van der Waals surface area contributed by atoms with Gasteiger partial charge in [0.15, 0.2) is 4.80 Å². The maximum absolute atomic E-state index is 13.3. The lowest BCUT2D eigenvalue weighted by Crippen LogP contribution is -2.15. The van der Waals surface area contributed by atoms with E-state index < -0.39 is 5.91 Å². The van der Waals surface area contributed by atoms with Gasteiger partial charge in [-0.25, -0.2) is 4.39 Å². The summed E-state index contributed by atoms with van der Waals surface area (Å²) in [5.41, 5.74) is 1.47. The van der Waals surface area contributed by atoms with Gasteiger partial charge in [0.05, 0.1) is 15.9 Å². The highest BCUT2D eigenvalue weighted by molar-refractivity contribution is 7.16. The van der Waals surface area contributed by atoms with Crippen molar-refractivity contribution >= 4 is 27.5 Å². The summed E-state index contributed by atoms with van der Waals surface area (Å²) < 4.78 is 20.8. The smallest absolute Gasteiger partial charge is 0.318 e. The highest BCUT2D eigenvalue weighted by Gasteiger charge is 2.12. The molecule has 1 aromatic carbocycles. The van der Waals surface area contributed by atoms with Crippen LogP contribution in [0.25, 0.3) is 10.2 Å². The van der Waals surface area contributed by atoms with Crippen LogP contribution in [0.1, 0.15) is 23.2 Å². The first-order chi connectivity index (χ1) is 10.1. The fourth-order valence-electron chi connectivity index (χ4n) is 2.04. The largest absolute Gasteiger partial charge is 0.351 e. The molecule has 0 aliphatic rings. The zero-order chi connectivity index (χ0) is 15.0. The SMILES string of the molecule is CCn1c(=NC(=O)c2cc(C)no2)sc2cc(F)ccc21. The average molecular weight is 305 g/mol. The van der Waals surface area contributed by atoms with Gasteiger partial charge in [0.2, 0.25) is 5.76 Å². The van der Waals surface area contributed by atoms with Gasteiger partial charge >= 0.3 is 5.91 Å². The molecule has 0 aliphatic carbocycles. The normalized spacial score (nSPS) is 12.2. The molecule has 3 aromatic rings. The third-order valence-electron chi connectivity index (χ3n) is 3.00. The van der Waals surface area contributed by atoms with Gasteiger partial charge in [-0.15, -0.1) is 0 Å². The fourth-order valence-corrected chi connectivity index (χ4v) is 3.16. The lowest BCUT2D eigenvalue weighted by atomic mass is 10.3. The zero-order valence-corrected chi connectivity index (χ0v) is 12.3. The van der Waals surface area contributed by atoms with Gasteiger partial charge in [-0.3, -0.25) is 4.79 Å². The average Bonchev–Trinajstić information content (AvgIpc) is 3.01. The number of rotatable bonds is 2. The van der Waals surface area contributed by atoms with Crippen molar-refractivity contribution in [2.75, 3.05) is 0 Å². The van der Waals surface area contributed by atoms with Crippen LogP contribution >= 0.6 is 11.3 Å². The van der Waals surface area contributed by atoms with Gasteiger partial charge < -0.3 is 9.09 Å². The standard InChI is InChI=1S/C14H12FN3O2S/c1-3-18-10-5-4-9(15)7-12(10)21-14(18)16-13(19)11-6-8(2)17-20-11/h4-7H,3H2,1-2H3. The van der Waals surface area contributed by atoms with E-state index in [1.54, 1.807) is 13.0 Å². The van der Waals surface area contributed by atoms with E-state index in [1.807, 2.05) is 11.5 Å². The molecule has 0 aliphatic heterocycles. The van der Waals surface area contributed by atoms with E-state index in [-0.39, 0.29) is 11.6 Å². The second-order valence-corrected chi connectivity index (χ2v) is 5.50. The number of nitrogens with zero attached hydrogens (tertiary/aromatic N) is 3. The molecule has 0 radical (unpaired) electrons. The van der Waals surface area contributed by atoms with Crippen LogP contribution < -0.4 is 4.80 Å². The molecule has 0 saturated heterocycles. The lowest BCUT2D eigenvalue weighted by Gasteiger charge is -1.99. The Morgan fingerprint density at radius 3 is 2.95 bits per heavy atom. The molecule has 108 valence electrons. The number of aryl methyl sites for hydroxylation is 2. The van der Waals surface area contributed by atoms with Gasteiger partial charge in [-0.05, 0) is 32.0 Å². The van der Waals surface area contributed by atoms with E-state index in [0.29, 0.717) is 17.0 Å². The number of halogens is 1. The number of aromatic nitrogens is 2. The summed E-state index contributed by atoms with van der Waals surface area (Å²) in [5, 5.41) is 3.67. The number of amides is 1. The van der Waals surface area contributed by atoms with Crippen molar-refractivity contribution in [2.45, 2.75) is 20.4 Å². The van der Waals surface area contributed by atoms with Crippen LogP contribution in [0.4, 0.5) is 4.39 Å². The molecule has 0 fully saturated rings. The molecule has 1 amide bonds. The van der Waals surface area contributed by atoms with Crippen molar-refractivity contribution < 1.29 is 13.7 Å². The molecule has 0 spiro atoms. The molecule has 0 N–H and O–H groups in total. The Morgan fingerprint density at radius 2 is 2.29 bits per heavy atom. The number of fused-ring (bicyclic) bond motifs is 1. The summed E-state index contributed by atoms with van der Waals surface area (Å²) in [7, 11) is 0. The molecule has 3 rings (SSSR count). The number of benzene rings is 1. The minimum atomic E-state index is -0.496. The zero-order valence-electron chi connectivity index (χ0n) is 11.5. The lowest BCUT2D eigenvalue weighted by molar-refractivity contribution is 0.0962. The van der Waals surface area contributed by atoms with Gasteiger partial charge in [0.25, 0.3) is 0 Å². The number of carbonyl (C=O) groups is 1. The predicted molar refractivity (Wildman–Crippen MR) is 76.6 cm³/mol. The third kappa shape index (κ3) is 2.52. The van der Waals surface area contributed by atoms with Gasteiger partial charge in [-0.1, -0.05) is 16.5 Å². The highest BCUT2D eigenvalue weighted by atomic mass is 32.1. The van der Waals surface area contributed by atoms with Crippen molar-refractivity contribution in [3.05, 3.63) is 46.3 Å². The number of thiazole rings is 1. The molecule has 0 atom stereocenters. The molecule has 0 unspecified atom stereocenters. The summed E-state index contributed by atoms with van der Waals surface area (Å²) in [6.45, 7) is 4.31. The summed E-state index contributed by atoms with van der Waals surface area (Å²) >= 11 is 1.27. The Balaban J connectivity index is 2.15. The van der Waals surface area contributed by atoms with Crippen molar-refractivity contribution in [3.63, 3.8) is 0 Å². The van der Waals surface area contributed by atoms with Gasteiger partial charge in [0, 0.05) is 12.6 Å². The molecule has 7 heteroatoms. The highest BCUT2D eigenvalue weighted by Crippen LogP contribution is 2.18. The molecule has 5 nitrogen and oxygen atoms in total. The van der Waals surface area contributed by atoms with E-state index in [2.05, 4.69) is 10.1 Å². The van der Waals surface area contributed by atoms with E-state index in [0.717, 1.165) is 10.2 Å². The molecule has 2 aromatic heterocycles. The van der Waals surface area contributed by atoms with E-state index >= 15 is 0 Å². The van der Waals surface area contributed by atoms with Crippen LogP contribution in [-0.4, -0.2) is 15.6 Å². The Bertz CT molecular complexity index is 891. The number of carbonyl (C=O) groups excluding carboxylic acids is 1. The minimum absolute atomic E-state index is 0.0961. The Morgan fingerprint density at radius 1 is 1.48 bits per heavy atom. The second kappa shape index (κ2) is 5.25. The maximum Gasteiger partial charge on any atom is 0.318 e. The van der Waals surface area contributed by atoms with Gasteiger partial charge in [0.1, 0.15) is 5.82 Å². The Hall–Kier alpha value is -2.28. The minimum Gasteiger partial charge on any atom is -0.351 e. The quantitative estimate of drug-likeness (QED) is 0.731. The molecular formula is C14H12FN3O2S. The van der Waals surface area contributed by atoms with Crippen LogP contribution in [0.2, 0.25) is 0 Å². The van der Waals surface area contributed by atoms with E-state index in [1.165, 1.54) is 29.5 Å². The first-order valence-corrected chi connectivity index (χ1v) is 7.21. The third-order valence-corrected chi connectivity index (χ3v) is 4.04. The van der Waals surface area contributed by atoms with Crippen LogP contribution in [0.15, 0.2) is 33.8 Å². The summed E-state index contributed by atoms with van der Waals surface area (Å²) in [6, 6.07) is 6.06. The summed E-state index contributed by atoms with van der Waals surface area (Å²) in [6.07, 6.45) is 0. The van der Waals surface area contributed by atoms with E-state index in [4.69, 9.17) is 4.52 Å². The van der Waals surface area contributed by atoms with Crippen molar-refractivity contribution in [1.82, 2.24) is 9.72 Å². The van der Waals surface area contributed by atoms with Crippen molar-refractivity contribution in [2.24, 2.45) is 4.99 Å². The number of hydrogen-bond acceptors (Lipinski definition) is 4. The number of hydrogen-bond donors (Lipinski definition) is 0. The summed E-state index contributed by atoms with van der Waals surface area (Å²) in [5.74, 6) is -0.709. The molecule has 21 heavy (non-hydrogen) atoms. The summed E-state index contributed by atoms with van der Waals surface area (Å²) in [4.78, 5) is 16.6. The topological polar surface area (TPSA) is 60.4 Å². The Kier molecular flexibility index (Phi) is 3.42. The van der Waals surface area contributed by atoms with E-state index in [9.17, 15) is 9.18 Å². The molecule has 2 heterocycles. The van der Waals surface area contributed by atoms with Crippen LogP contribution in [0.3, 0.4) is 0 Å². The first kappa shape index (κ1) is 13.7. The Labute approximate surface area is 123 Å². The van der Waals surface area contributed by atoms with Gasteiger partial charge in [-0.2, -0.15) is 4.99 Å². The van der Waals surface area contributed by atoms with Crippen LogP contribution in [0, 0.1) is 12.7 Å². The maximum atomic E-state index is 13.3. The van der Waals surface area contributed by atoms with Crippen molar-refractivity contribution in [1.29, 1.82) is 0 Å². The van der Waals surface area contributed by atoms with Crippen molar-refractivity contribution in [3.8, 4) is 0 Å². The monoisotopic (exact) mass is 305 g/mol.